The van der Waals surface area contributed by atoms with Gasteiger partial charge in [-0.15, -0.1) is 23.5 Å². The number of amides is 1. The number of hydrogen-bond acceptors (Lipinski definition) is 3. The topological polar surface area (TPSA) is 29.1 Å². The summed E-state index contributed by atoms with van der Waals surface area (Å²) in [7, 11) is 0. The number of carbonyl (C=O) groups excluding carboxylic acids is 1. The number of rotatable bonds is 10. The van der Waals surface area contributed by atoms with Crippen molar-refractivity contribution in [2.24, 2.45) is 0 Å². The molecule has 0 radical (unpaired) electrons. The monoisotopic (exact) mass is 315 g/mol. The van der Waals surface area contributed by atoms with Gasteiger partial charge in [0.2, 0.25) is 5.91 Å². The van der Waals surface area contributed by atoms with E-state index in [1.807, 2.05) is 23.5 Å². The van der Waals surface area contributed by atoms with Crippen molar-refractivity contribution in [1.29, 1.82) is 0 Å². The third-order valence-corrected chi connectivity index (χ3v) is 6.16. The molecule has 1 aliphatic carbocycles. The number of nitrogens with one attached hydrogen (secondary N) is 1. The van der Waals surface area contributed by atoms with E-state index in [1.54, 1.807) is 0 Å². The lowest BCUT2D eigenvalue weighted by molar-refractivity contribution is -0.121. The predicted octanol–water partition coefficient (Wildman–Crippen LogP) is 4.61. The summed E-state index contributed by atoms with van der Waals surface area (Å²) in [5, 5.41) is 3.07. The van der Waals surface area contributed by atoms with Crippen molar-refractivity contribution in [3.63, 3.8) is 0 Å². The van der Waals surface area contributed by atoms with Gasteiger partial charge in [0.05, 0.1) is 4.58 Å². The van der Waals surface area contributed by atoms with E-state index >= 15 is 0 Å². The van der Waals surface area contributed by atoms with Crippen molar-refractivity contribution < 1.29 is 4.79 Å². The Labute approximate surface area is 132 Å². The molecule has 20 heavy (non-hydrogen) atoms. The first-order valence-corrected chi connectivity index (χ1v) is 10.0. The van der Waals surface area contributed by atoms with Crippen LogP contribution in [0.4, 0.5) is 0 Å². The molecule has 1 amide bonds. The molecule has 2 nitrogen and oxygen atoms in total. The number of carbonyl (C=O) groups is 1. The molecule has 0 spiro atoms. The molecule has 0 saturated carbocycles. The van der Waals surface area contributed by atoms with Crippen LogP contribution < -0.4 is 5.32 Å². The highest BCUT2D eigenvalue weighted by molar-refractivity contribution is 8.16. The van der Waals surface area contributed by atoms with Crippen molar-refractivity contribution in [2.75, 3.05) is 18.1 Å². The van der Waals surface area contributed by atoms with Crippen LogP contribution in [-0.2, 0) is 4.79 Å². The maximum Gasteiger partial charge on any atom is 0.220 e. The van der Waals surface area contributed by atoms with Crippen LogP contribution in [0.25, 0.3) is 0 Å². The van der Waals surface area contributed by atoms with Crippen LogP contribution in [0.2, 0.25) is 0 Å². The summed E-state index contributed by atoms with van der Waals surface area (Å²) in [6, 6.07) is 0. The largest absolute Gasteiger partial charge is 0.356 e. The van der Waals surface area contributed by atoms with E-state index in [2.05, 4.69) is 25.2 Å². The van der Waals surface area contributed by atoms with Gasteiger partial charge in [-0.05, 0) is 50.0 Å². The predicted molar refractivity (Wildman–Crippen MR) is 93.5 cm³/mol. The van der Waals surface area contributed by atoms with Crippen LogP contribution in [0.1, 0.15) is 58.8 Å². The lowest BCUT2D eigenvalue weighted by Crippen LogP contribution is -2.25. The average molecular weight is 316 g/mol. The second kappa shape index (κ2) is 11.6. The molecular formula is C16H29NOS2. The fraction of sp³-hybridized carbons (Fsp3) is 0.812. The second-order valence-electron chi connectivity index (χ2n) is 5.09. The lowest BCUT2D eigenvalue weighted by Gasteiger charge is -2.15. The maximum absolute atomic E-state index is 11.8. The standard InChI is InChI=1S/C16H29NOS2/c1-3-19-16(20-4-2)11-10-15(18)17-13-12-14-8-6-5-7-9-14/h8,16H,3-7,9-13H2,1-2H3,(H,17,18). The van der Waals surface area contributed by atoms with Gasteiger partial charge in [-0.1, -0.05) is 25.5 Å². The molecule has 0 unspecified atom stereocenters. The summed E-state index contributed by atoms with van der Waals surface area (Å²) >= 11 is 3.93. The molecule has 116 valence electrons. The van der Waals surface area contributed by atoms with Crippen LogP contribution >= 0.6 is 23.5 Å². The smallest absolute Gasteiger partial charge is 0.220 e. The van der Waals surface area contributed by atoms with Gasteiger partial charge in [-0.3, -0.25) is 4.79 Å². The van der Waals surface area contributed by atoms with E-state index in [1.165, 1.54) is 31.3 Å². The average Bonchev–Trinajstić information content (AvgIpc) is 2.46. The Morgan fingerprint density at radius 2 is 2.05 bits per heavy atom. The Hall–Kier alpha value is -0.0900. The summed E-state index contributed by atoms with van der Waals surface area (Å²) in [5.41, 5.74) is 1.54. The Morgan fingerprint density at radius 3 is 2.65 bits per heavy atom. The van der Waals surface area contributed by atoms with Crippen molar-refractivity contribution in [3.8, 4) is 0 Å². The summed E-state index contributed by atoms with van der Waals surface area (Å²) < 4.78 is 0.580. The number of allylic oxidation sites excluding steroid dienone is 1. The minimum Gasteiger partial charge on any atom is -0.356 e. The SMILES string of the molecule is CCSC(CCC(=O)NCCC1=CCCCC1)SCC. The second-order valence-corrected chi connectivity index (χ2v) is 8.34. The molecule has 1 rings (SSSR count). The fourth-order valence-corrected chi connectivity index (χ4v) is 4.93. The zero-order chi connectivity index (χ0) is 14.6. The molecule has 0 aliphatic heterocycles. The minimum absolute atomic E-state index is 0.222. The van der Waals surface area contributed by atoms with Crippen molar-refractivity contribution in [3.05, 3.63) is 11.6 Å². The van der Waals surface area contributed by atoms with E-state index < -0.39 is 0 Å². The molecule has 0 aromatic rings. The van der Waals surface area contributed by atoms with Gasteiger partial charge >= 0.3 is 0 Å². The van der Waals surface area contributed by atoms with E-state index in [-0.39, 0.29) is 5.91 Å². The van der Waals surface area contributed by atoms with Gasteiger partial charge in [0.1, 0.15) is 0 Å². The Kier molecular flexibility index (Phi) is 10.4. The minimum atomic E-state index is 0.222. The fourth-order valence-electron chi connectivity index (χ4n) is 2.42. The molecule has 0 fully saturated rings. The Balaban J connectivity index is 2.11. The molecule has 1 N–H and O–H groups in total. The molecule has 0 aromatic carbocycles. The first kappa shape index (κ1) is 18.0. The van der Waals surface area contributed by atoms with Gasteiger partial charge in [-0.25, -0.2) is 0 Å². The molecule has 0 heterocycles. The van der Waals surface area contributed by atoms with E-state index in [0.717, 1.165) is 30.9 Å². The van der Waals surface area contributed by atoms with Crippen LogP contribution in [0.5, 0.6) is 0 Å². The molecular weight excluding hydrogens is 286 g/mol. The highest BCUT2D eigenvalue weighted by Crippen LogP contribution is 2.27. The lowest BCUT2D eigenvalue weighted by atomic mass is 9.97. The molecule has 0 atom stereocenters. The van der Waals surface area contributed by atoms with E-state index in [9.17, 15) is 4.79 Å². The number of thioether (sulfide) groups is 2. The van der Waals surface area contributed by atoms with Gasteiger partial charge in [0.25, 0.3) is 0 Å². The summed E-state index contributed by atoms with van der Waals surface area (Å²) in [5.74, 6) is 2.49. The van der Waals surface area contributed by atoms with Crippen LogP contribution in [0.15, 0.2) is 11.6 Å². The van der Waals surface area contributed by atoms with Gasteiger partial charge in [0, 0.05) is 13.0 Å². The summed E-state index contributed by atoms with van der Waals surface area (Å²) in [6.45, 7) is 5.19. The van der Waals surface area contributed by atoms with Gasteiger partial charge < -0.3 is 5.32 Å². The first-order chi connectivity index (χ1) is 9.76. The summed E-state index contributed by atoms with van der Waals surface area (Å²) in [6.07, 6.45) is 10.2. The maximum atomic E-state index is 11.8. The van der Waals surface area contributed by atoms with Crippen LogP contribution in [0, 0.1) is 0 Å². The van der Waals surface area contributed by atoms with Gasteiger partial charge in [-0.2, -0.15) is 0 Å². The summed E-state index contributed by atoms with van der Waals surface area (Å²) in [4.78, 5) is 11.8. The van der Waals surface area contributed by atoms with E-state index in [4.69, 9.17) is 0 Å². The highest BCUT2D eigenvalue weighted by atomic mass is 32.2. The Bertz CT molecular complexity index is 299. The van der Waals surface area contributed by atoms with E-state index in [0.29, 0.717) is 11.0 Å². The third-order valence-electron chi connectivity index (χ3n) is 3.47. The van der Waals surface area contributed by atoms with Crippen LogP contribution in [0.3, 0.4) is 0 Å². The zero-order valence-electron chi connectivity index (χ0n) is 13.0. The molecule has 0 saturated heterocycles. The zero-order valence-corrected chi connectivity index (χ0v) is 14.6. The molecule has 1 aliphatic rings. The van der Waals surface area contributed by atoms with Crippen molar-refractivity contribution in [2.45, 2.75) is 63.4 Å². The highest BCUT2D eigenvalue weighted by Gasteiger charge is 2.11. The molecule has 0 aromatic heterocycles. The first-order valence-electron chi connectivity index (χ1n) is 7.94. The van der Waals surface area contributed by atoms with Crippen LogP contribution in [-0.4, -0.2) is 28.5 Å². The van der Waals surface area contributed by atoms with Crippen molar-refractivity contribution >= 4 is 29.4 Å². The Morgan fingerprint density at radius 1 is 1.30 bits per heavy atom. The molecule has 4 heteroatoms. The quantitative estimate of drug-likeness (QED) is 0.471. The number of hydrogen-bond donors (Lipinski definition) is 1. The normalized spacial score (nSPS) is 15.2. The van der Waals surface area contributed by atoms with Gasteiger partial charge in [0.15, 0.2) is 0 Å². The third kappa shape index (κ3) is 8.25. The molecule has 0 bridgehead atoms. The van der Waals surface area contributed by atoms with Crippen molar-refractivity contribution in [1.82, 2.24) is 5.32 Å².